The molecule has 4 rings (SSSR count). The lowest BCUT2D eigenvalue weighted by Gasteiger charge is -2.10. The van der Waals surface area contributed by atoms with Crippen molar-refractivity contribution >= 4 is 0 Å². The highest BCUT2D eigenvalue weighted by atomic mass is 16.5. The molecule has 3 aromatic heterocycles. The van der Waals surface area contributed by atoms with E-state index in [9.17, 15) is 0 Å². The minimum absolute atomic E-state index is 0.424. The molecule has 0 aliphatic rings. The van der Waals surface area contributed by atoms with Crippen LogP contribution in [0.3, 0.4) is 0 Å². The first-order chi connectivity index (χ1) is 14.1. The number of pyridine rings is 2. The molecule has 0 fully saturated rings. The number of rotatable bonds is 6. The van der Waals surface area contributed by atoms with E-state index in [-0.39, 0.29) is 0 Å². The van der Waals surface area contributed by atoms with Crippen molar-refractivity contribution in [3.63, 3.8) is 0 Å². The second-order valence-corrected chi connectivity index (χ2v) is 6.81. The number of hydrogen-bond acceptors (Lipinski definition) is 5. The Hall–Kier alpha value is -3.67. The average Bonchev–Trinajstić information content (AvgIpc) is 3.14. The van der Waals surface area contributed by atoms with Gasteiger partial charge in [-0.1, -0.05) is 24.3 Å². The molecule has 146 valence electrons. The molecule has 0 amide bonds. The summed E-state index contributed by atoms with van der Waals surface area (Å²) in [6, 6.07) is 14.0. The third kappa shape index (κ3) is 4.11. The Labute approximate surface area is 169 Å². The maximum atomic E-state index is 6.01. The molecule has 0 aliphatic carbocycles. The zero-order chi connectivity index (χ0) is 20.2. The number of aryl methyl sites for hydroxylation is 2. The standard InChI is InChI=1S/C23H22N4O2/c1-16-12-21(28-3)22(25-13-16)19-6-4-17(5-7-19)15-29-23-20(14-27(2)26-23)18-8-10-24-11-9-18/h4-14H,15H2,1-3H3. The number of methoxy groups -OCH3 is 1. The molecular weight excluding hydrogens is 364 g/mol. The summed E-state index contributed by atoms with van der Waals surface area (Å²) >= 11 is 0. The summed E-state index contributed by atoms with van der Waals surface area (Å²) in [5.74, 6) is 1.37. The highest BCUT2D eigenvalue weighted by Gasteiger charge is 2.12. The lowest BCUT2D eigenvalue weighted by atomic mass is 10.1. The highest BCUT2D eigenvalue weighted by molar-refractivity contribution is 5.68. The minimum atomic E-state index is 0.424. The number of aromatic nitrogens is 4. The Kier molecular flexibility index (Phi) is 5.24. The van der Waals surface area contributed by atoms with Gasteiger partial charge in [-0.15, -0.1) is 5.10 Å². The second-order valence-electron chi connectivity index (χ2n) is 6.81. The van der Waals surface area contributed by atoms with Crippen molar-refractivity contribution in [1.29, 1.82) is 0 Å². The van der Waals surface area contributed by atoms with Gasteiger partial charge in [-0.2, -0.15) is 0 Å². The Morgan fingerprint density at radius 1 is 1.00 bits per heavy atom. The van der Waals surface area contributed by atoms with Crippen LogP contribution in [0.25, 0.3) is 22.4 Å². The van der Waals surface area contributed by atoms with E-state index < -0.39 is 0 Å². The van der Waals surface area contributed by atoms with Crippen LogP contribution >= 0.6 is 0 Å². The first-order valence-corrected chi connectivity index (χ1v) is 9.31. The van der Waals surface area contributed by atoms with Crippen molar-refractivity contribution in [2.45, 2.75) is 13.5 Å². The Balaban J connectivity index is 1.51. The van der Waals surface area contributed by atoms with Gasteiger partial charge < -0.3 is 9.47 Å². The maximum absolute atomic E-state index is 6.01. The Bertz CT molecular complexity index is 1110. The van der Waals surface area contributed by atoms with E-state index in [2.05, 4.69) is 15.1 Å². The zero-order valence-corrected chi connectivity index (χ0v) is 16.7. The van der Waals surface area contributed by atoms with Gasteiger partial charge in [-0.25, -0.2) is 0 Å². The lowest BCUT2D eigenvalue weighted by molar-refractivity contribution is 0.292. The van der Waals surface area contributed by atoms with E-state index in [1.807, 2.05) is 68.8 Å². The van der Waals surface area contributed by atoms with Gasteiger partial charge in [0, 0.05) is 37.4 Å². The van der Waals surface area contributed by atoms with Gasteiger partial charge in [-0.05, 0) is 41.8 Å². The molecule has 0 aliphatic heterocycles. The first kappa shape index (κ1) is 18.7. The minimum Gasteiger partial charge on any atom is -0.494 e. The molecule has 4 aromatic rings. The summed E-state index contributed by atoms with van der Waals surface area (Å²) in [6.07, 6.45) is 7.32. The third-order valence-corrected chi connectivity index (χ3v) is 4.60. The number of nitrogens with zero attached hydrogens (tertiary/aromatic N) is 4. The molecule has 6 heteroatoms. The maximum Gasteiger partial charge on any atom is 0.241 e. The lowest BCUT2D eigenvalue weighted by Crippen LogP contribution is -1.98. The van der Waals surface area contributed by atoms with Gasteiger partial charge in [0.05, 0.1) is 12.7 Å². The number of ether oxygens (including phenoxy) is 2. The van der Waals surface area contributed by atoms with Crippen molar-refractivity contribution in [2.75, 3.05) is 7.11 Å². The summed E-state index contributed by atoms with van der Waals surface area (Å²) in [5, 5.41) is 4.45. The largest absolute Gasteiger partial charge is 0.494 e. The SMILES string of the molecule is COc1cc(C)cnc1-c1ccc(COc2nn(C)cc2-c2ccncc2)cc1. The summed E-state index contributed by atoms with van der Waals surface area (Å²) in [4.78, 5) is 8.59. The summed E-state index contributed by atoms with van der Waals surface area (Å²) in [7, 11) is 3.55. The van der Waals surface area contributed by atoms with Crippen molar-refractivity contribution in [3.8, 4) is 34.0 Å². The fraction of sp³-hybridized carbons (Fsp3) is 0.174. The quantitative estimate of drug-likeness (QED) is 0.490. The van der Waals surface area contributed by atoms with Crippen LogP contribution in [0.4, 0.5) is 0 Å². The second kappa shape index (κ2) is 8.14. The average molecular weight is 386 g/mol. The summed E-state index contributed by atoms with van der Waals surface area (Å²) < 4.78 is 13.2. The van der Waals surface area contributed by atoms with Crippen LogP contribution in [-0.2, 0) is 13.7 Å². The predicted molar refractivity (Wildman–Crippen MR) is 112 cm³/mol. The highest BCUT2D eigenvalue weighted by Crippen LogP contribution is 2.30. The van der Waals surface area contributed by atoms with Crippen molar-refractivity contribution in [3.05, 3.63) is 78.4 Å². The van der Waals surface area contributed by atoms with Gasteiger partial charge in [0.15, 0.2) is 0 Å². The van der Waals surface area contributed by atoms with Gasteiger partial charge in [0.2, 0.25) is 5.88 Å². The topological polar surface area (TPSA) is 62.1 Å². The third-order valence-electron chi connectivity index (χ3n) is 4.60. The van der Waals surface area contributed by atoms with Crippen LogP contribution in [-0.4, -0.2) is 26.9 Å². The van der Waals surface area contributed by atoms with E-state index in [4.69, 9.17) is 9.47 Å². The molecule has 0 bridgehead atoms. The van der Waals surface area contributed by atoms with Gasteiger partial charge in [0.1, 0.15) is 18.1 Å². The van der Waals surface area contributed by atoms with Gasteiger partial charge in [-0.3, -0.25) is 14.6 Å². The molecule has 1 aromatic carbocycles. The van der Waals surface area contributed by atoms with Crippen LogP contribution in [0.15, 0.2) is 67.3 Å². The molecular formula is C23H22N4O2. The van der Waals surface area contributed by atoms with E-state index in [1.54, 1.807) is 24.2 Å². The van der Waals surface area contributed by atoms with Crippen LogP contribution in [0.1, 0.15) is 11.1 Å². The normalized spacial score (nSPS) is 10.7. The van der Waals surface area contributed by atoms with E-state index in [0.29, 0.717) is 12.5 Å². The Morgan fingerprint density at radius 2 is 1.76 bits per heavy atom. The monoisotopic (exact) mass is 386 g/mol. The van der Waals surface area contributed by atoms with Crippen LogP contribution < -0.4 is 9.47 Å². The molecule has 0 saturated heterocycles. The van der Waals surface area contributed by atoms with Crippen molar-refractivity contribution < 1.29 is 9.47 Å². The van der Waals surface area contributed by atoms with Gasteiger partial charge in [0.25, 0.3) is 0 Å². The van der Waals surface area contributed by atoms with Crippen molar-refractivity contribution in [1.82, 2.24) is 19.7 Å². The number of hydrogen-bond donors (Lipinski definition) is 0. The van der Waals surface area contributed by atoms with E-state index in [0.717, 1.165) is 39.3 Å². The molecule has 0 spiro atoms. The molecule has 29 heavy (non-hydrogen) atoms. The van der Waals surface area contributed by atoms with Gasteiger partial charge >= 0.3 is 0 Å². The number of benzene rings is 1. The summed E-state index contributed by atoms with van der Waals surface area (Å²) in [6.45, 7) is 2.42. The van der Waals surface area contributed by atoms with Crippen LogP contribution in [0.5, 0.6) is 11.6 Å². The molecule has 0 unspecified atom stereocenters. The Morgan fingerprint density at radius 3 is 2.48 bits per heavy atom. The molecule has 0 atom stereocenters. The zero-order valence-electron chi connectivity index (χ0n) is 16.7. The van der Waals surface area contributed by atoms with Crippen molar-refractivity contribution in [2.24, 2.45) is 7.05 Å². The van der Waals surface area contributed by atoms with E-state index in [1.165, 1.54) is 0 Å². The van der Waals surface area contributed by atoms with E-state index >= 15 is 0 Å². The predicted octanol–water partition coefficient (Wildman–Crippen LogP) is 4.44. The summed E-state index contributed by atoms with van der Waals surface area (Å²) in [5.41, 5.74) is 5.91. The first-order valence-electron chi connectivity index (χ1n) is 9.31. The fourth-order valence-electron chi connectivity index (χ4n) is 3.13. The molecule has 0 saturated carbocycles. The fourth-order valence-corrected chi connectivity index (χ4v) is 3.13. The molecule has 0 radical (unpaired) electrons. The van der Waals surface area contributed by atoms with Crippen LogP contribution in [0, 0.1) is 6.92 Å². The molecule has 0 N–H and O–H groups in total. The smallest absolute Gasteiger partial charge is 0.241 e. The van der Waals surface area contributed by atoms with Crippen LogP contribution in [0.2, 0.25) is 0 Å². The molecule has 6 nitrogen and oxygen atoms in total. The molecule has 3 heterocycles.